The smallest absolute Gasteiger partial charge is 0.160 e. The van der Waals surface area contributed by atoms with E-state index in [1.165, 1.54) is 0 Å². The summed E-state index contributed by atoms with van der Waals surface area (Å²) in [7, 11) is -3.05. The molecule has 1 N–H and O–H groups in total. The molecule has 0 aromatic carbocycles. The van der Waals surface area contributed by atoms with Crippen LogP contribution in [0, 0.1) is 0 Å². The van der Waals surface area contributed by atoms with Crippen molar-refractivity contribution in [3.8, 4) is 0 Å². The van der Waals surface area contributed by atoms with E-state index in [0.29, 0.717) is 12.2 Å². The van der Waals surface area contributed by atoms with Crippen molar-refractivity contribution >= 4 is 9.84 Å². The van der Waals surface area contributed by atoms with Crippen LogP contribution in [0.4, 0.5) is 0 Å². The van der Waals surface area contributed by atoms with Crippen molar-refractivity contribution in [2.45, 2.75) is 56.9 Å². The summed E-state index contributed by atoms with van der Waals surface area (Å²) in [4.78, 5) is 0. The Morgan fingerprint density at radius 1 is 1.30 bits per heavy atom. The highest BCUT2D eigenvalue weighted by Crippen LogP contribution is 2.34. The van der Waals surface area contributed by atoms with E-state index in [1.54, 1.807) is 0 Å². The van der Waals surface area contributed by atoms with Gasteiger partial charge in [0.2, 0.25) is 0 Å². The van der Waals surface area contributed by atoms with Gasteiger partial charge in [-0.2, -0.15) is 0 Å². The summed E-state index contributed by atoms with van der Waals surface area (Å²) in [5.74, 6) is 1.87. The predicted molar refractivity (Wildman–Crippen MR) is 76.1 cm³/mol. The van der Waals surface area contributed by atoms with Gasteiger partial charge in [0, 0.05) is 13.1 Å². The molecule has 0 spiro atoms. The molecule has 0 radical (unpaired) electrons. The number of fused-ring (bicyclic) bond motifs is 1. The second-order valence-corrected chi connectivity index (χ2v) is 8.02. The van der Waals surface area contributed by atoms with Crippen LogP contribution in [0.2, 0.25) is 0 Å². The van der Waals surface area contributed by atoms with E-state index >= 15 is 0 Å². The summed E-state index contributed by atoms with van der Waals surface area (Å²) in [5, 5.41) is 11.5. The molecule has 1 saturated heterocycles. The number of rotatable bonds is 3. The van der Waals surface area contributed by atoms with Crippen LogP contribution in [0.1, 0.15) is 62.0 Å². The third-order valence-corrected chi connectivity index (χ3v) is 6.46. The summed E-state index contributed by atoms with van der Waals surface area (Å²) in [6, 6.07) is 0.210. The number of nitrogens with one attached hydrogen (secondary N) is 1. The third kappa shape index (κ3) is 2.37. The Balaban J connectivity index is 1.96. The van der Waals surface area contributed by atoms with Gasteiger partial charge in [-0.05, 0) is 19.3 Å². The molecule has 2 aliphatic heterocycles. The van der Waals surface area contributed by atoms with Crippen LogP contribution in [0.25, 0.3) is 0 Å². The molecule has 3 rings (SSSR count). The van der Waals surface area contributed by atoms with E-state index in [9.17, 15) is 8.42 Å². The first-order valence-corrected chi connectivity index (χ1v) is 9.23. The van der Waals surface area contributed by atoms with E-state index in [2.05, 4.69) is 22.4 Å². The Bertz CT molecular complexity index is 581. The summed E-state index contributed by atoms with van der Waals surface area (Å²) in [6.07, 6.45) is 4.51. The summed E-state index contributed by atoms with van der Waals surface area (Å²) < 4.78 is 26.6. The first-order chi connectivity index (χ1) is 9.63. The van der Waals surface area contributed by atoms with Crippen molar-refractivity contribution < 1.29 is 8.42 Å². The lowest BCUT2D eigenvalue weighted by atomic mass is 10.1. The Morgan fingerprint density at radius 3 is 2.85 bits per heavy atom. The standard InChI is InChI=1S/C13H22N4O2S/c1-2-5-10-12-15-16-13(17(12)8-7-14-10)11-6-3-4-9-20(11,18)19/h10-11,14H,2-9H2,1H3. The highest BCUT2D eigenvalue weighted by Gasteiger charge is 2.36. The fourth-order valence-electron chi connectivity index (χ4n) is 3.26. The molecule has 0 aliphatic carbocycles. The predicted octanol–water partition coefficient (Wildman–Crippen LogP) is 1.36. The summed E-state index contributed by atoms with van der Waals surface area (Å²) >= 11 is 0. The molecule has 1 fully saturated rings. The van der Waals surface area contributed by atoms with Gasteiger partial charge >= 0.3 is 0 Å². The minimum absolute atomic E-state index is 0.210. The molecular formula is C13H22N4O2S. The molecule has 1 aromatic rings. The van der Waals surface area contributed by atoms with Crippen molar-refractivity contribution in [2.24, 2.45) is 0 Å². The van der Waals surface area contributed by atoms with Gasteiger partial charge in [0.15, 0.2) is 15.7 Å². The average molecular weight is 298 g/mol. The van der Waals surface area contributed by atoms with E-state index in [-0.39, 0.29) is 11.8 Å². The van der Waals surface area contributed by atoms with E-state index in [0.717, 1.165) is 44.6 Å². The van der Waals surface area contributed by atoms with E-state index in [4.69, 9.17) is 0 Å². The number of nitrogens with zero attached hydrogens (tertiary/aromatic N) is 3. The largest absolute Gasteiger partial charge is 0.311 e. The Kier molecular flexibility index (Phi) is 3.81. The van der Waals surface area contributed by atoms with Gasteiger partial charge in [0.25, 0.3) is 0 Å². The van der Waals surface area contributed by atoms with Crippen molar-refractivity contribution in [1.82, 2.24) is 20.1 Å². The number of hydrogen-bond donors (Lipinski definition) is 1. The van der Waals surface area contributed by atoms with Crippen LogP contribution in [0.3, 0.4) is 0 Å². The number of sulfone groups is 1. The molecule has 0 saturated carbocycles. The molecule has 2 aliphatic rings. The van der Waals surface area contributed by atoms with Crippen LogP contribution in [-0.2, 0) is 16.4 Å². The third-order valence-electron chi connectivity index (χ3n) is 4.29. The SMILES string of the molecule is CCCC1NCCn2c1nnc2C1CCCCS1(=O)=O. The Labute approximate surface area is 119 Å². The van der Waals surface area contributed by atoms with Gasteiger partial charge < -0.3 is 9.88 Å². The minimum atomic E-state index is -3.05. The molecule has 1 aromatic heterocycles. The second-order valence-electron chi connectivity index (χ2n) is 5.71. The van der Waals surface area contributed by atoms with Crippen LogP contribution in [0.15, 0.2) is 0 Å². The van der Waals surface area contributed by atoms with Crippen LogP contribution < -0.4 is 5.32 Å². The molecule has 7 heteroatoms. The fraction of sp³-hybridized carbons (Fsp3) is 0.846. The molecule has 2 unspecified atom stereocenters. The van der Waals surface area contributed by atoms with Gasteiger partial charge in [0.1, 0.15) is 11.1 Å². The first-order valence-electron chi connectivity index (χ1n) is 7.51. The quantitative estimate of drug-likeness (QED) is 0.912. The van der Waals surface area contributed by atoms with Crippen molar-refractivity contribution in [1.29, 1.82) is 0 Å². The van der Waals surface area contributed by atoms with Crippen molar-refractivity contribution in [2.75, 3.05) is 12.3 Å². The highest BCUT2D eigenvalue weighted by atomic mass is 32.2. The Morgan fingerprint density at radius 2 is 2.10 bits per heavy atom. The van der Waals surface area contributed by atoms with Crippen LogP contribution in [0.5, 0.6) is 0 Å². The number of hydrogen-bond acceptors (Lipinski definition) is 5. The molecule has 2 atom stereocenters. The zero-order chi connectivity index (χ0) is 14.2. The van der Waals surface area contributed by atoms with Crippen LogP contribution >= 0.6 is 0 Å². The zero-order valence-corrected chi connectivity index (χ0v) is 12.7. The summed E-state index contributed by atoms with van der Waals surface area (Å²) in [5.41, 5.74) is 0. The maximum Gasteiger partial charge on any atom is 0.160 e. The second kappa shape index (κ2) is 5.44. The molecule has 6 nitrogen and oxygen atoms in total. The number of aromatic nitrogens is 3. The maximum atomic E-state index is 12.3. The Hall–Kier alpha value is -0.950. The normalized spacial score (nSPS) is 29.1. The molecule has 3 heterocycles. The molecule has 20 heavy (non-hydrogen) atoms. The minimum Gasteiger partial charge on any atom is -0.311 e. The highest BCUT2D eigenvalue weighted by molar-refractivity contribution is 7.91. The lowest BCUT2D eigenvalue weighted by Crippen LogP contribution is -2.35. The molecule has 112 valence electrons. The van der Waals surface area contributed by atoms with Crippen molar-refractivity contribution in [3.05, 3.63) is 11.6 Å². The lowest BCUT2D eigenvalue weighted by molar-refractivity contribution is 0.385. The van der Waals surface area contributed by atoms with Gasteiger partial charge in [0.05, 0.1) is 11.8 Å². The average Bonchev–Trinajstić information content (AvgIpc) is 2.83. The fourth-order valence-corrected chi connectivity index (χ4v) is 5.17. The molecule has 0 bridgehead atoms. The van der Waals surface area contributed by atoms with E-state index in [1.807, 2.05) is 4.57 Å². The topological polar surface area (TPSA) is 76.9 Å². The molecular weight excluding hydrogens is 276 g/mol. The summed E-state index contributed by atoms with van der Waals surface area (Å²) in [6.45, 7) is 3.77. The van der Waals surface area contributed by atoms with Gasteiger partial charge in [-0.15, -0.1) is 10.2 Å². The zero-order valence-electron chi connectivity index (χ0n) is 11.9. The monoisotopic (exact) mass is 298 g/mol. The van der Waals surface area contributed by atoms with Crippen LogP contribution in [-0.4, -0.2) is 35.5 Å². The maximum absolute atomic E-state index is 12.3. The van der Waals surface area contributed by atoms with Crippen molar-refractivity contribution in [3.63, 3.8) is 0 Å². The van der Waals surface area contributed by atoms with E-state index < -0.39 is 15.1 Å². The molecule has 0 amide bonds. The lowest BCUT2D eigenvalue weighted by Gasteiger charge is -2.27. The van der Waals surface area contributed by atoms with Gasteiger partial charge in [-0.25, -0.2) is 8.42 Å². The van der Waals surface area contributed by atoms with Gasteiger partial charge in [-0.3, -0.25) is 0 Å². The first kappa shape index (κ1) is 14.0. The van der Waals surface area contributed by atoms with Gasteiger partial charge in [-0.1, -0.05) is 19.8 Å².